The fourth-order valence-corrected chi connectivity index (χ4v) is 4.12. The third-order valence-electron chi connectivity index (χ3n) is 3.89. The molecule has 29 heavy (non-hydrogen) atoms. The van der Waals surface area contributed by atoms with Crippen molar-refractivity contribution in [2.24, 2.45) is 0 Å². The van der Waals surface area contributed by atoms with Gasteiger partial charge in [-0.05, 0) is 55.0 Å². The van der Waals surface area contributed by atoms with Crippen LogP contribution in [-0.4, -0.2) is 35.0 Å². The molecule has 0 spiro atoms. The molecule has 3 rings (SSSR count). The minimum absolute atomic E-state index is 0.0848. The monoisotopic (exact) mass is 454 g/mol. The predicted molar refractivity (Wildman–Crippen MR) is 111 cm³/mol. The van der Waals surface area contributed by atoms with E-state index in [1.54, 1.807) is 31.2 Å². The van der Waals surface area contributed by atoms with Gasteiger partial charge in [-0.25, -0.2) is 9.48 Å². The van der Waals surface area contributed by atoms with E-state index in [4.69, 9.17) is 27.4 Å². The minimum atomic E-state index is -3.66. The predicted octanol–water partition coefficient (Wildman–Crippen LogP) is 4.66. The highest BCUT2D eigenvalue weighted by Gasteiger charge is 2.18. The van der Waals surface area contributed by atoms with Gasteiger partial charge in [-0.15, -0.1) is 0 Å². The van der Waals surface area contributed by atoms with Crippen LogP contribution in [0.15, 0.2) is 48.5 Å². The second-order valence-electron chi connectivity index (χ2n) is 6.10. The van der Waals surface area contributed by atoms with Crippen LogP contribution in [0, 0.1) is 0 Å². The molecule has 10 heteroatoms. The Bertz CT molecular complexity index is 1160. The zero-order chi connectivity index (χ0) is 21.2. The van der Waals surface area contributed by atoms with Gasteiger partial charge in [0.2, 0.25) is 0 Å². The van der Waals surface area contributed by atoms with Gasteiger partial charge in [0.05, 0.1) is 22.2 Å². The minimum Gasteiger partial charge on any atom is -0.476 e. The third-order valence-corrected chi connectivity index (χ3v) is 5.79. The Morgan fingerprint density at radius 2 is 1.83 bits per heavy atom. The van der Waals surface area contributed by atoms with Crippen LogP contribution >= 0.6 is 23.2 Å². The molecule has 0 saturated carbocycles. The quantitative estimate of drug-likeness (QED) is 0.521. The van der Waals surface area contributed by atoms with E-state index in [2.05, 4.69) is 5.10 Å². The van der Waals surface area contributed by atoms with Crippen LogP contribution in [0.1, 0.15) is 23.8 Å². The van der Waals surface area contributed by atoms with Gasteiger partial charge in [0.15, 0.2) is 5.69 Å². The van der Waals surface area contributed by atoms with Gasteiger partial charge in [0, 0.05) is 10.6 Å². The molecule has 0 saturated heterocycles. The molecule has 1 heterocycles. The van der Waals surface area contributed by atoms with Crippen molar-refractivity contribution in [1.82, 2.24) is 9.78 Å². The Morgan fingerprint density at radius 3 is 2.41 bits per heavy atom. The first-order chi connectivity index (χ1) is 13.7. The maximum Gasteiger partial charge on any atom is 0.356 e. The lowest BCUT2D eigenvalue weighted by atomic mass is 10.1. The van der Waals surface area contributed by atoms with Gasteiger partial charge >= 0.3 is 16.1 Å². The lowest BCUT2D eigenvalue weighted by Gasteiger charge is -2.11. The number of carboxylic acid groups (broad SMARTS) is 1. The molecule has 0 aliphatic rings. The highest BCUT2D eigenvalue weighted by molar-refractivity contribution is 7.87. The smallest absolute Gasteiger partial charge is 0.356 e. The van der Waals surface area contributed by atoms with Crippen molar-refractivity contribution in [3.63, 3.8) is 0 Å². The van der Waals surface area contributed by atoms with Gasteiger partial charge in [-0.3, -0.25) is 0 Å². The first-order valence-corrected chi connectivity index (χ1v) is 10.8. The maximum atomic E-state index is 11.8. The van der Waals surface area contributed by atoms with E-state index in [9.17, 15) is 18.3 Å². The van der Waals surface area contributed by atoms with Crippen LogP contribution in [0.3, 0.4) is 0 Å². The van der Waals surface area contributed by atoms with Crippen molar-refractivity contribution in [1.29, 1.82) is 0 Å². The van der Waals surface area contributed by atoms with E-state index in [0.717, 1.165) is 0 Å². The molecule has 0 bridgehead atoms. The first-order valence-electron chi connectivity index (χ1n) is 8.51. The van der Waals surface area contributed by atoms with Crippen molar-refractivity contribution in [2.45, 2.75) is 13.3 Å². The number of hydrogen-bond acceptors (Lipinski definition) is 5. The van der Waals surface area contributed by atoms with Crippen LogP contribution in [0.4, 0.5) is 0 Å². The number of hydrogen-bond donors (Lipinski definition) is 1. The number of nitrogens with zero attached hydrogens (tertiary/aromatic N) is 2. The summed E-state index contributed by atoms with van der Waals surface area (Å²) < 4.78 is 30.1. The van der Waals surface area contributed by atoms with Crippen LogP contribution in [0.25, 0.3) is 16.9 Å². The normalized spacial score (nSPS) is 11.4. The Hall–Kier alpha value is -2.55. The standard InChI is InChI=1S/C19H16Cl2N2O5S/c1-2-9-29(26,27)28-14-6-3-12(4-7-14)18-11-16(19(24)25)22-23(18)17-8-5-13(20)10-15(17)21/h3-8,10-11H,2,9H2,1H3,(H,24,25). The van der Waals surface area contributed by atoms with Gasteiger partial charge in [0.25, 0.3) is 0 Å². The summed E-state index contributed by atoms with van der Waals surface area (Å²) >= 11 is 12.2. The zero-order valence-corrected chi connectivity index (χ0v) is 17.5. The van der Waals surface area contributed by atoms with Crippen LogP contribution in [0.2, 0.25) is 10.0 Å². The molecule has 0 aliphatic heterocycles. The average Bonchev–Trinajstić information content (AvgIpc) is 3.07. The fraction of sp³-hybridized carbons (Fsp3) is 0.158. The highest BCUT2D eigenvalue weighted by atomic mass is 35.5. The Labute approximate surface area is 177 Å². The van der Waals surface area contributed by atoms with Crippen molar-refractivity contribution >= 4 is 39.3 Å². The molecule has 7 nitrogen and oxygen atoms in total. The van der Waals surface area contributed by atoms with E-state index in [-0.39, 0.29) is 17.2 Å². The lowest BCUT2D eigenvalue weighted by Crippen LogP contribution is -2.12. The van der Waals surface area contributed by atoms with E-state index in [1.807, 2.05) is 0 Å². The van der Waals surface area contributed by atoms with Crippen molar-refractivity contribution in [3.05, 3.63) is 64.3 Å². The highest BCUT2D eigenvalue weighted by Crippen LogP contribution is 2.31. The second kappa shape index (κ2) is 8.44. The number of carbonyl (C=O) groups is 1. The Kier molecular flexibility index (Phi) is 6.16. The fourth-order valence-electron chi connectivity index (χ4n) is 2.65. The van der Waals surface area contributed by atoms with Crippen molar-refractivity contribution in [2.75, 3.05) is 5.75 Å². The summed E-state index contributed by atoms with van der Waals surface area (Å²) in [7, 11) is -3.66. The van der Waals surface area contributed by atoms with E-state index < -0.39 is 16.1 Å². The average molecular weight is 455 g/mol. The molecule has 0 unspecified atom stereocenters. The molecule has 1 aromatic heterocycles. The topological polar surface area (TPSA) is 98.5 Å². The number of aromatic carboxylic acids is 1. The number of benzene rings is 2. The van der Waals surface area contributed by atoms with Gasteiger partial charge in [0.1, 0.15) is 5.75 Å². The summed E-state index contributed by atoms with van der Waals surface area (Å²) in [6.45, 7) is 1.74. The number of rotatable bonds is 7. The first kappa shape index (κ1) is 21.2. The zero-order valence-electron chi connectivity index (χ0n) is 15.2. The van der Waals surface area contributed by atoms with E-state index >= 15 is 0 Å². The van der Waals surface area contributed by atoms with Gasteiger partial charge in [-0.2, -0.15) is 13.5 Å². The summed E-state index contributed by atoms with van der Waals surface area (Å²) in [5.74, 6) is -1.12. The third kappa shape index (κ3) is 4.90. The molecular formula is C19H16Cl2N2O5S. The van der Waals surface area contributed by atoms with Gasteiger partial charge in [-0.1, -0.05) is 30.1 Å². The second-order valence-corrected chi connectivity index (χ2v) is 8.63. The molecule has 1 N–H and O–H groups in total. The van der Waals surface area contributed by atoms with Gasteiger partial charge < -0.3 is 9.29 Å². The summed E-state index contributed by atoms with van der Waals surface area (Å²) in [6, 6.07) is 12.4. The molecule has 2 aromatic carbocycles. The van der Waals surface area contributed by atoms with Crippen LogP contribution in [0.5, 0.6) is 5.75 Å². The molecule has 0 atom stereocenters. The number of aromatic nitrogens is 2. The molecule has 3 aromatic rings. The number of carboxylic acids is 1. The van der Waals surface area contributed by atoms with Crippen molar-refractivity contribution < 1.29 is 22.5 Å². The number of halogens is 2. The van der Waals surface area contributed by atoms with Crippen LogP contribution < -0.4 is 4.18 Å². The summed E-state index contributed by atoms with van der Waals surface area (Å²) in [4.78, 5) is 11.4. The molecular weight excluding hydrogens is 439 g/mol. The molecule has 0 fully saturated rings. The van der Waals surface area contributed by atoms with Crippen LogP contribution in [-0.2, 0) is 10.1 Å². The Morgan fingerprint density at radius 1 is 1.14 bits per heavy atom. The summed E-state index contributed by atoms with van der Waals surface area (Å²) in [5, 5.41) is 14.2. The SMILES string of the molecule is CCCS(=O)(=O)Oc1ccc(-c2cc(C(=O)O)nn2-c2ccc(Cl)cc2Cl)cc1. The van der Waals surface area contributed by atoms with Crippen molar-refractivity contribution in [3.8, 4) is 22.7 Å². The maximum absolute atomic E-state index is 11.8. The summed E-state index contributed by atoms with van der Waals surface area (Å²) in [5.41, 5.74) is 1.33. The molecule has 0 amide bonds. The molecule has 0 radical (unpaired) electrons. The largest absolute Gasteiger partial charge is 0.476 e. The molecule has 152 valence electrons. The molecule has 0 aliphatic carbocycles. The van der Waals surface area contributed by atoms with E-state index in [1.165, 1.54) is 28.9 Å². The lowest BCUT2D eigenvalue weighted by molar-refractivity contribution is 0.0690. The van der Waals surface area contributed by atoms with E-state index in [0.29, 0.717) is 33.4 Å². The summed E-state index contributed by atoms with van der Waals surface area (Å²) in [6.07, 6.45) is 0.444. The Balaban J connectivity index is 2.03.